The number of halogens is 3. The smallest absolute Gasteiger partial charge is 0.382 e. The summed E-state index contributed by atoms with van der Waals surface area (Å²) >= 11 is 0. The van der Waals surface area contributed by atoms with E-state index < -0.39 is 31.5 Å². The average molecular weight is 381 g/mol. The van der Waals surface area contributed by atoms with E-state index in [1.165, 1.54) is 6.20 Å². The molecular formula is C15H10F3N5O2S. The zero-order valence-corrected chi connectivity index (χ0v) is 13.7. The summed E-state index contributed by atoms with van der Waals surface area (Å²) in [5, 5.41) is -0.591. The van der Waals surface area contributed by atoms with Crippen LogP contribution < -0.4 is 5.73 Å². The molecule has 0 aliphatic carbocycles. The van der Waals surface area contributed by atoms with Crippen molar-refractivity contribution in [3.8, 4) is 11.5 Å². The normalized spacial score (nSPS) is 12.1. The van der Waals surface area contributed by atoms with E-state index in [2.05, 4.69) is 19.9 Å². The number of rotatable bonds is 3. The van der Waals surface area contributed by atoms with Crippen LogP contribution in [0.5, 0.6) is 0 Å². The van der Waals surface area contributed by atoms with Gasteiger partial charge in [-0.2, -0.15) is 13.2 Å². The Balaban J connectivity index is 2.00. The van der Waals surface area contributed by atoms with Gasteiger partial charge < -0.3 is 5.73 Å². The number of sulfone groups is 1. The first kappa shape index (κ1) is 17.7. The molecule has 0 fully saturated rings. The molecule has 134 valence electrons. The van der Waals surface area contributed by atoms with Gasteiger partial charge in [0.2, 0.25) is 9.84 Å². The summed E-state index contributed by atoms with van der Waals surface area (Å²) in [6.07, 6.45) is -1.71. The second kappa shape index (κ2) is 6.33. The van der Waals surface area contributed by atoms with Gasteiger partial charge in [-0.3, -0.25) is 4.98 Å². The first-order valence-corrected chi connectivity index (χ1v) is 8.50. The third-order valence-corrected chi connectivity index (χ3v) is 4.99. The fourth-order valence-electron chi connectivity index (χ4n) is 2.03. The number of nitrogens with zero attached hydrogens (tertiary/aromatic N) is 4. The number of hydrogen-bond donors (Lipinski definition) is 1. The summed E-state index contributed by atoms with van der Waals surface area (Å²) in [6, 6.07) is 6.37. The molecule has 7 nitrogen and oxygen atoms in total. The van der Waals surface area contributed by atoms with E-state index in [9.17, 15) is 21.6 Å². The summed E-state index contributed by atoms with van der Waals surface area (Å²) in [5.41, 5.74) is 5.04. The maximum Gasteiger partial charge on any atom is 0.417 e. The Morgan fingerprint density at radius 3 is 2.27 bits per heavy atom. The van der Waals surface area contributed by atoms with Crippen LogP contribution in [0.4, 0.5) is 19.0 Å². The van der Waals surface area contributed by atoms with Crippen molar-refractivity contribution in [3.63, 3.8) is 0 Å². The molecule has 0 spiro atoms. The SMILES string of the molecule is Nc1nc(-c2ccccn2)ncc1S(=O)(=O)c1ccc(C(F)(F)F)cn1. The molecule has 0 aliphatic heterocycles. The van der Waals surface area contributed by atoms with Crippen LogP contribution in [-0.4, -0.2) is 28.4 Å². The Labute approximate surface area is 145 Å². The highest BCUT2D eigenvalue weighted by Gasteiger charge is 2.32. The van der Waals surface area contributed by atoms with Gasteiger partial charge in [-0.05, 0) is 24.3 Å². The minimum Gasteiger partial charge on any atom is -0.382 e. The number of nitrogen functional groups attached to an aromatic ring is 1. The average Bonchev–Trinajstić information content (AvgIpc) is 2.61. The third kappa shape index (κ3) is 3.33. The quantitative estimate of drug-likeness (QED) is 0.741. The van der Waals surface area contributed by atoms with Gasteiger partial charge >= 0.3 is 6.18 Å². The maximum atomic E-state index is 12.6. The van der Waals surface area contributed by atoms with Crippen LogP contribution in [0.2, 0.25) is 0 Å². The molecule has 0 unspecified atom stereocenters. The van der Waals surface area contributed by atoms with E-state index in [4.69, 9.17) is 5.73 Å². The van der Waals surface area contributed by atoms with Gasteiger partial charge in [-0.15, -0.1) is 0 Å². The second-order valence-electron chi connectivity index (χ2n) is 5.04. The molecule has 0 radical (unpaired) electrons. The minimum atomic E-state index is -4.62. The van der Waals surface area contributed by atoms with Crippen molar-refractivity contribution in [2.24, 2.45) is 0 Å². The van der Waals surface area contributed by atoms with E-state index in [-0.39, 0.29) is 11.6 Å². The monoisotopic (exact) mass is 381 g/mol. The zero-order chi connectivity index (χ0) is 18.9. The molecule has 11 heteroatoms. The highest BCUT2D eigenvalue weighted by atomic mass is 32.2. The van der Waals surface area contributed by atoms with Gasteiger partial charge in [0.05, 0.1) is 11.8 Å². The molecule has 3 aromatic heterocycles. The Bertz CT molecular complexity index is 1040. The summed E-state index contributed by atoms with van der Waals surface area (Å²) in [4.78, 5) is 14.8. The van der Waals surface area contributed by atoms with Crippen LogP contribution in [0.25, 0.3) is 11.5 Å². The molecular weight excluding hydrogens is 371 g/mol. The van der Waals surface area contributed by atoms with Gasteiger partial charge in [0.15, 0.2) is 10.9 Å². The highest BCUT2D eigenvalue weighted by molar-refractivity contribution is 7.91. The summed E-state index contributed by atoms with van der Waals surface area (Å²) in [7, 11) is -4.28. The maximum absolute atomic E-state index is 12.6. The number of pyridine rings is 2. The fraction of sp³-hybridized carbons (Fsp3) is 0.0667. The molecule has 26 heavy (non-hydrogen) atoms. The molecule has 2 N–H and O–H groups in total. The Morgan fingerprint density at radius 1 is 0.962 bits per heavy atom. The Morgan fingerprint density at radius 2 is 1.73 bits per heavy atom. The first-order valence-electron chi connectivity index (χ1n) is 7.02. The molecule has 0 saturated carbocycles. The summed E-state index contributed by atoms with van der Waals surface area (Å²) in [5.74, 6) is -0.246. The van der Waals surface area contributed by atoms with E-state index in [0.717, 1.165) is 12.3 Å². The third-order valence-electron chi connectivity index (χ3n) is 3.31. The largest absolute Gasteiger partial charge is 0.417 e. The standard InChI is InChI=1S/C15H10F3N5O2S/c16-15(17,18)9-4-5-12(21-7-9)26(24,25)11-8-22-14(23-13(11)19)10-3-1-2-6-20-10/h1-8H,(H2,19,22,23). The van der Waals surface area contributed by atoms with Crippen LogP contribution in [0.1, 0.15) is 5.56 Å². The number of aromatic nitrogens is 4. The van der Waals surface area contributed by atoms with Gasteiger partial charge in [-0.1, -0.05) is 6.07 Å². The van der Waals surface area contributed by atoms with Gasteiger partial charge in [0.25, 0.3) is 0 Å². The van der Waals surface area contributed by atoms with Gasteiger partial charge in [0.1, 0.15) is 16.4 Å². The van der Waals surface area contributed by atoms with Crippen molar-refractivity contribution in [3.05, 3.63) is 54.5 Å². The van der Waals surface area contributed by atoms with E-state index in [0.29, 0.717) is 18.0 Å². The van der Waals surface area contributed by atoms with Crippen molar-refractivity contribution in [1.82, 2.24) is 19.9 Å². The van der Waals surface area contributed by atoms with Crippen molar-refractivity contribution < 1.29 is 21.6 Å². The van der Waals surface area contributed by atoms with Gasteiger partial charge in [0, 0.05) is 12.4 Å². The van der Waals surface area contributed by atoms with Crippen LogP contribution in [0, 0.1) is 0 Å². The second-order valence-corrected chi connectivity index (χ2v) is 6.91. The van der Waals surface area contributed by atoms with Crippen molar-refractivity contribution >= 4 is 15.7 Å². The predicted molar refractivity (Wildman–Crippen MR) is 84.4 cm³/mol. The molecule has 0 amide bonds. The topological polar surface area (TPSA) is 112 Å². The molecule has 0 bridgehead atoms. The molecule has 3 heterocycles. The lowest BCUT2D eigenvalue weighted by molar-refractivity contribution is -0.137. The molecule has 3 aromatic rings. The number of alkyl halides is 3. The molecule has 0 atom stereocenters. The lowest BCUT2D eigenvalue weighted by Gasteiger charge is -2.09. The lowest BCUT2D eigenvalue weighted by Crippen LogP contribution is -2.12. The van der Waals surface area contributed by atoms with E-state index in [1.807, 2.05) is 0 Å². The van der Waals surface area contributed by atoms with Crippen molar-refractivity contribution in [2.45, 2.75) is 16.1 Å². The Hall–Kier alpha value is -3.08. The minimum absolute atomic E-state index is 0.113. The summed E-state index contributed by atoms with van der Waals surface area (Å²) < 4.78 is 62.8. The van der Waals surface area contributed by atoms with E-state index in [1.54, 1.807) is 18.2 Å². The highest BCUT2D eigenvalue weighted by Crippen LogP contribution is 2.30. The number of anilines is 1. The first-order chi connectivity index (χ1) is 12.2. The van der Waals surface area contributed by atoms with Crippen LogP contribution in [0.15, 0.2) is 58.8 Å². The van der Waals surface area contributed by atoms with Crippen LogP contribution in [-0.2, 0) is 16.0 Å². The number of nitrogens with two attached hydrogens (primary N) is 1. The lowest BCUT2D eigenvalue weighted by atomic mass is 10.3. The van der Waals surface area contributed by atoms with Crippen LogP contribution in [0.3, 0.4) is 0 Å². The zero-order valence-electron chi connectivity index (χ0n) is 12.8. The molecule has 3 rings (SSSR count). The predicted octanol–water partition coefficient (Wildman–Crippen LogP) is 2.37. The molecule has 0 saturated heterocycles. The number of hydrogen-bond acceptors (Lipinski definition) is 7. The Kier molecular flexibility index (Phi) is 4.32. The fourth-order valence-corrected chi connectivity index (χ4v) is 3.21. The molecule has 0 aliphatic rings. The van der Waals surface area contributed by atoms with Gasteiger partial charge in [-0.25, -0.2) is 23.4 Å². The molecule has 0 aromatic carbocycles. The van der Waals surface area contributed by atoms with Crippen molar-refractivity contribution in [1.29, 1.82) is 0 Å². The van der Waals surface area contributed by atoms with E-state index >= 15 is 0 Å². The van der Waals surface area contributed by atoms with Crippen LogP contribution >= 0.6 is 0 Å². The summed E-state index contributed by atoms with van der Waals surface area (Å²) in [6.45, 7) is 0. The van der Waals surface area contributed by atoms with Crippen molar-refractivity contribution in [2.75, 3.05) is 5.73 Å².